The molecule has 8 nitrogen and oxygen atoms in total. The minimum atomic E-state index is -0.0149. The summed E-state index contributed by atoms with van der Waals surface area (Å²) >= 11 is 0. The Hall–Kier alpha value is -3.55. The number of carbonyl (C=O) groups is 1. The number of aromatic nitrogens is 2. The summed E-state index contributed by atoms with van der Waals surface area (Å²) in [5.74, 6) is 2.17. The molecule has 1 saturated heterocycles. The molecule has 2 aliphatic rings. The van der Waals surface area contributed by atoms with E-state index >= 15 is 0 Å². The van der Waals surface area contributed by atoms with E-state index in [1.54, 1.807) is 20.4 Å². The van der Waals surface area contributed by atoms with E-state index < -0.39 is 0 Å². The first-order valence-electron chi connectivity index (χ1n) is 10.5. The zero-order valence-corrected chi connectivity index (χ0v) is 17.7. The van der Waals surface area contributed by atoms with E-state index in [1.165, 1.54) is 0 Å². The highest BCUT2D eigenvalue weighted by Gasteiger charge is 2.33. The highest BCUT2D eigenvalue weighted by atomic mass is 16.5. The molecule has 0 spiro atoms. The molecule has 31 heavy (non-hydrogen) atoms. The van der Waals surface area contributed by atoms with E-state index in [9.17, 15) is 4.79 Å². The molecule has 0 aliphatic carbocycles. The number of piperidine rings is 1. The first-order valence-corrected chi connectivity index (χ1v) is 10.5. The number of urea groups is 1. The third kappa shape index (κ3) is 3.37. The van der Waals surface area contributed by atoms with Crippen molar-refractivity contribution in [3.63, 3.8) is 0 Å². The van der Waals surface area contributed by atoms with E-state index in [1.807, 2.05) is 35.2 Å². The number of fused-ring (bicyclic) bond motifs is 2. The SMILES string of the molecule is COc1cc2cnnc(N3CCC(N4C(=O)NCc5ccccc54)CC3)c2cc1OC. The third-order valence-corrected chi connectivity index (χ3v) is 6.18. The van der Waals surface area contributed by atoms with Gasteiger partial charge in [0.2, 0.25) is 0 Å². The number of para-hydroxylation sites is 1. The number of carbonyl (C=O) groups excluding carboxylic acids is 1. The summed E-state index contributed by atoms with van der Waals surface area (Å²) in [6, 6.07) is 12.1. The van der Waals surface area contributed by atoms with E-state index in [4.69, 9.17) is 9.47 Å². The Balaban J connectivity index is 1.40. The summed E-state index contributed by atoms with van der Waals surface area (Å²) in [6.45, 7) is 2.17. The van der Waals surface area contributed by atoms with E-state index in [-0.39, 0.29) is 12.1 Å². The fraction of sp³-hybridized carbons (Fsp3) is 0.348. The molecule has 8 heteroatoms. The van der Waals surface area contributed by atoms with Gasteiger partial charge in [0.05, 0.1) is 26.1 Å². The average molecular weight is 419 g/mol. The van der Waals surface area contributed by atoms with Crippen LogP contribution in [0, 0.1) is 0 Å². The summed E-state index contributed by atoms with van der Waals surface area (Å²) in [6.07, 6.45) is 3.45. The molecule has 0 radical (unpaired) electrons. The minimum Gasteiger partial charge on any atom is -0.493 e. The van der Waals surface area contributed by atoms with Crippen molar-refractivity contribution in [1.82, 2.24) is 15.5 Å². The molecule has 1 N–H and O–H groups in total. The van der Waals surface area contributed by atoms with Crippen LogP contribution in [-0.4, -0.2) is 49.6 Å². The molecular weight excluding hydrogens is 394 g/mol. The number of hydrogen-bond donors (Lipinski definition) is 1. The van der Waals surface area contributed by atoms with Gasteiger partial charge >= 0.3 is 6.03 Å². The summed E-state index contributed by atoms with van der Waals surface area (Å²) in [4.78, 5) is 16.8. The molecule has 160 valence electrons. The molecule has 3 aromatic rings. The summed E-state index contributed by atoms with van der Waals surface area (Å²) in [5, 5.41) is 13.6. The van der Waals surface area contributed by atoms with Crippen LogP contribution in [0.1, 0.15) is 18.4 Å². The Morgan fingerprint density at radius 2 is 1.81 bits per heavy atom. The van der Waals surface area contributed by atoms with Crippen LogP contribution in [-0.2, 0) is 6.54 Å². The van der Waals surface area contributed by atoms with Crippen LogP contribution in [0.25, 0.3) is 10.8 Å². The Morgan fingerprint density at radius 1 is 1.06 bits per heavy atom. The van der Waals surface area contributed by atoms with Gasteiger partial charge in [0, 0.05) is 36.4 Å². The second kappa shape index (κ2) is 7.94. The molecule has 5 rings (SSSR count). The lowest BCUT2D eigenvalue weighted by Crippen LogP contribution is -2.53. The fourth-order valence-electron chi connectivity index (χ4n) is 4.59. The molecule has 0 saturated carbocycles. The van der Waals surface area contributed by atoms with Crippen molar-refractivity contribution in [2.75, 3.05) is 37.1 Å². The number of nitrogens with zero attached hydrogens (tertiary/aromatic N) is 4. The predicted molar refractivity (Wildman–Crippen MR) is 119 cm³/mol. The summed E-state index contributed by atoms with van der Waals surface area (Å²) in [7, 11) is 3.25. The van der Waals surface area contributed by atoms with Crippen LogP contribution in [0.3, 0.4) is 0 Å². The molecular formula is C23H25N5O3. The Labute approximate surface area is 180 Å². The number of hydrogen-bond acceptors (Lipinski definition) is 6. The first-order chi connectivity index (χ1) is 15.2. The molecule has 0 unspecified atom stereocenters. The maximum atomic E-state index is 12.7. The Morgan fingerprint density at radius 3 is 2.58 bits per heavy atom. The van der Waals surface area contributed by atoms with Gasteiger partial charge in [-0.2, -0.15) is 5.10 Å². The lowest BCUT2D eigenvalue weighted by molar-refractivity contribution is 0.240. The van der Waals surface area contributed by atoms with Crippen molar-refractivity contribution in [3.8, 4) is 11.5 Å². The summed E-state index contributed by atoms with van der Waals surface area (Å²) in [5.41, 5.74) is 2.18. The predicted octanol–water partition coefficient (Wildman–Crippen LogP) is 3.35. The van der Waals surface area contributed by atoms with E-state index in [2.05, 4.69) is 26.5 Å². The maximum Gasteiger partial charge on any atom is 0.322 e. The normalized spacial score (nSPS) is 16.8. The van der Waals surface area contributed by atoms with Crippen LogP contribution in [0.15, 0.2) is 42.6 Å². The van der Waals surface area contributed by atoms with Gasteiger partial charge < -0.3 is 19.7 Å². The molecule has 1 aromatic heterocycles. The lowest BCUT2D eigenvalue weighted by atomic mass is 9.99. The van der Waals surface area contributed by atoms with Gasteiger partial charge in [-0.15, -0.1) is 5.10 Å². The Bertz CT molecular complexity index is 1130. The molecule has 2 aromatic carbocycles. The van der Waals surface area contributed by atoms with Gasteiger partial charge in [-0.3, -0.25) is 4.90 Å². The summed E-state index contributed by atoms with van der Waals surface area (Å²) < 4.78 is 10.9. The zero-order chi connectivity index (χ0) is 21.4. The van der Waals surface area contributed by atoms with Crippen LogP contribution in [0.2, 0.25) is 0 Å². The lowest BCUT2D eigenvalue weighted by Gasteiger charge is -2.41. The van der Waals surface area contributed by atoms with Crippen molar-refractivity contribution in [2.45, 2.75) is 25.4 Å². The fourth-order valence-corrected chi connectivity index (χ4v) is 4.59. The number of ether oxygens (including phenoxy) is 2. The quantitative estimate of drug-likeness (QED) is 0.699. The van der Waals surface area contributed by atoms with Gasteiger partial charge in [-0.1, -0.05) is 18.2 Å². The first kappa shape index (κ1) is 19.4. The number of amides is 2. The highest BCUT2D eigenvalue weighted by Crippen LogP contribution is 2.36. The second-order valence-electron chi connectivity index (χ2n) is 7.84. The van der Waals surface area contributed by atoms with Gasteiger partial charge in [0.1, 0.15) is 0 Å². The van der Waals surface area contributed by atoms with E-state index in [0.29, 0.717) is 18.0 Å². The van der Waals surface area contributed by atoms with Crippen LogP contribution >= 0.6 is 0 Å². The number of benzene rings is 2. The van der Waals surface area contributed by atoms with Crippen molar-refractivity contribution >= 4 is 28.3 Å². The number of nitrogens with one attached hydrogen (secondary N) is 1. The largest absolute Gasteiger partial charge is 0.493 e. The van der Waals surface area contributed by atoms with Crippen LogP contribution in [0.4, 0.5) is 16.3 Å². The zero-order valence-electron chi connectivity index (χ0n) is 17.7. The monoisotopic (exact) mass is 419 g/mol. The average Bonchev–Trinajstić information content (AvgIpc) is 2.83. The van der Waals surface area contributed by atoms with Gasteiger partial charge in [0.25, 0.3) is 0 Å². The van der Waals surface area contributed by atoms with Crippen molar-refractivity contribution in [3.05, 3.63) is 48.2 Å². The molecule has 2 amide bonds. The van der Waals surface area contributed by atoms with Gasteiger partial charge in [-0.05, 0) is 36.6 Å². The number of anilines is 2. The van der Waals surface area contributed by atoms with Crippen LogP contribution < -0.4 is 24.6 Å². The third-order valence-electron chi connectivity index (χ3n) is 6.18. The Kier molecular flexibility index (Phi) is 4.97. The van der Waals surface area contributed by atoms with Gasteiger partial charge in [-0.25, -0.2) is 4.79 Å². The molecule has 0 bridgehead atoms. The molecule has 2 aliphatic heterocycles. The highest BCUT2D eigenvalue weighted by molar-refractivity contribution is 5.96. The van der Waals surface area contributed by atoms with Crippen molar-refractivity contribution in [1.29, 1.82) is 0 Å². The number of methoxy groups -OCH3 is 2. The van der Waals surface area contributed by atoms with Crippen molar-refractivity contribution < 1.29 is 14.3 Å². The minimum absolute atomic E-state index is 0.0149. The van der Waals surface area contributed by atoms with Gasteiger partial charge in [0.15, 0.2) is 17.3 Å². The smallest absolute Gasteiger partial charge is 0.322 e. The maximum absolute atomic E-state index is 12.7. The topological polar surface area (TPSA) is 79.8 Å². The van der Waals surface area contributed by atoms with Crippen LogP contribution in [0.5, 0.6) is 11.5 Å². The molecule has 0 atom stereocenters. The molecule has 1 fully saturated rings. The molecule has 3 heterocycles. The van der Waals surface area contributed by atoms with Crippen molar-refractivity contribution in [2.24, 2.45) is 0 Å². The van der Waals surface area contributed by atoms with E-state index in [0.717, 1.165) is 53.8 Å². The second-order valence-corrected chi connectivity index (χ2v) is 7.84. The number of rotatable bonds is 4. The standard InChI is InChI=1S/C23H25N5O3/c1-30-20-11-16-14-25-26-22(18(16)12-21(20)31-2)27-9-7-17(8-10-27)28-19-6-4-3-5-15(19)13-24-23(28)29/h3-6,11-12,14,17H,7-10,13H2,1-2H3,(H,24,29).